The van der Waals surface area contributed by atoms with Gasteiger partial charge in [-0.05, 0) is 0 Å². The average Bonchev–Trinajstić information content (AvgIpc) is 3.12. The smallest absolute Gasteiger partial charge is 0.214 e. The van der Waals surface area contributed by atoms with Gasteiger partial charge < -0.3 is 0 Å². The zero-order chi connectivity index (χ0) is 13.6. The third-order valence-electron chi connectivity index (χ3n) is 4.34. The molecule has 0 bridgehead atoms. The van der Waals surface area contributed by atoms with Crippen molar-refractivity contribution in [1.82, 2.24) is 0 Å². The molecule has 0 radical (unpaired) electrons. The normalized spacial score (nSPS) is 11.3. The van der Waals surface area contributed by atoms with Crippen LogP contribution in [0.15, 0.2) is 48.5 Å². The van der Waals surface area contributed by atoms with E-state index in [-0.39, 0.29) is 17.1 Å². The van der Waals surface area contributed by atoms with E-state index in [1.165, 1.54) is 37.8 Å². The molecule has 2 aromatic carbocycles. The van der Waals surface area contributed by atoms with Crippen molar-refractivity contribution in [3.8, 4) is 0 Å². The molecule has 0 amide bonds. The van der Waals surface area contributed by atoms with E-state index in [2.05, 4.69) is 62.4 Å². The van der Waals surface area contributed by atoms with E-state index >= 15 is 0 Å². The number of rotatable bonds is 8. The summed E-state index contributed by atoms with van der Waals surface area (Å²) in [4.78, 5) is 0. The van der Waals surface area contributed by atoms with Gasteiger partial charge in [0.15, 0.2) is 0 Å². The first kappa shape index (κ1) is 17.5. The van der Waals surface area contributed by atoms with Crippen LogP contribution in [0.4, 0.5) is 0 Å². The van der Waals surface area contributed by atoms with Gasteiger partial charge in [0, 0.05) is 0 Å². The van der Waals surface area contributed by atoms with Crippen molar-refractivity contribution in [1.29, 1.82) is 0 Å². The maximum absolute atomic E-state index is 2.38. The molecule has 0 heterocycles. The molecule has 0 spiro atoms. The Morgan fingerprint density at radius 1 is 0.850 bits per heavy atom. The van der Waals surface area contributed by atoms with Crippen LogP contribution in [0, 0.1) is 0 Å². The summed E-state index contributed by atoms with van der Waals surface area (Å²) < 4.78 is 0. The SMILES string of the molecule is CCCC[Si](CCCC)(c1ccc[cH-]1)c1ccc[cH-]1.[Fe+2]. The van der Waals surface area contributed by atoms with Crippen molar-refractivity contribution < 1.29 is 17.1 Å². The Morgan fingerprint density at radius 3 is 1.60 bits per heavy atom. The van der Waals surface area contributed by atoms with Crippen LogP contribution in [0.5, 0.6) is 0 Å². The van der Waals surface area contributed by atoms with E-state index in [0.29, 0.717) is 0 Å². The summed E-state index contributed by atoms with van der Waals surface area (Å²) in [6.45, 7) is 4.63. The minimum absolute atomic E-state index is 0. The van der Waals surface area contributed by atoms with Gasteiger partial charge >= 0.3 is 17.1 Å². The summed E-state index contributed by atoms with van der Waals surface area (Å²) in [6.07, 6.45) is 5.35. The van der Waals surface area contributed by atoms with Gasteiger partial charge in [-0.15, -0.1) is 0 Å². The first-order chi connectivity index (χ1) is 9.33. The Labute approximate surface area is 135 Å². The maximum atomic E-state index is 2.38. The maximum Gasteiger partial charge on any atom is 2.00 e. The Bertz CT molecular complexity index is 397. The molecule has 0 aliphatic heterocycles. The molecule has 2 rings (SSSR count). The van der Waals surface area contributed by atoms with Crippen molar-refractivity contribution in [3.63, 3.8) is 0 Å². The van der Waals surface area contributed by atoms with Crippen molar-refractivity contribution in [2.45, 2.75) is 51.6 Å². The topological polar surface area (TPSA) is 0 Å². The molecule has 110 valence electrons. The molecule has 0 aliphatic carbocycles. The molecule has 0 aromatic heterocycles. The number of hydrogen-bond acceptors (Lipinski definition) is 0. The summed E-state index contributed by atoms with van der Waals surface area (Å²) in [5, 5.41) is 3.31. The first-order valence-electron chi connectivity index (χ1n) is 7.78. The zero-order valence-corrected chi connectivity index (χ0v) is 14.8. The molecule has 0 N–H and O–H groups in total. The molecule has 2 aromatic rings. The Kier molecular flexibility index (Phi) is 7.57. The molecule has 0 atom stereocenters. The predicted molar refractivity (Wildman–Crippen MR) is 88.5 cm³/mol. The molecular formula is C18H26FeSi. The van der Waals surface area contributed by atoms with Crippen LogP contribution >= 0.6 is 0 Å². The zero-order valence-electron chi connectivity index (χ0n) is 12.7. The van der Waals surface area contributed by atoms with Crippen LogP contribution in [0.2, 0.25) is 12.1 Å². The molecule has 0 nitrogen and oxygen atoms in total. The molecule has 0 fully saturated rings. The number of hydrogen-bond donors (Lipinski definition) is 0. The predicted octanol–water partition coefficient (Wildman–Crippen LogP) is 4.29. The van der Waals surface area contributed by atoms with Gasteiger partial charge in [-0.25, -0.2) is 24.3 Å². The van der Waals surface area contributed by atoms with Gasteiger partial charge in [-0.2, -0.15) is 34.6 Å². The molecule has 0 saturated heterocycles. The van der Waals surface area contributed by atoms with Crippen molar-refractivity contribution in [3.05, 3.63) is 48.5 Å². The van der Waals surface area contributed by atoms with Gasteiger partial charge in [-0.1, -0.05) is 51.6 Å². The van der Waals surface area contributed by atoms with Gasteiger partial charge in [0.2, 0.25) is 0 Å². The monoisotopic (exact) mass is 326 g/mol. The van der Waals surface area contributed by atoms with E-state index in [9.17, 15) is 0 Å². The molecular weight excluding hydrogens is 300 g/mol. The van der Waals surface area contributed by atoms with Crippen molar-refractivity contribution >= 4 is 18.4 Å². The fourth-order valence-corrected chi connectivity index (χ4v) is 8.53. The molecule has 0 unspecified atom stereocenters. The fraction of sp³-hybridized carbons (Fsp3) is 0.444. The quantitative estimate of drug-likeness (QED) is 0.502. The molecule has 0 saturated carbocycles. The van der Waals surface area contributed by atoms with Crippen LogP contribution in [0.3, 0.4) is 0 Å². The van der Waals surface area contributed by atoms with Gasteiger partial charge in [0.25, 0.3) is 0 Å². The summed E-state index contributed by atoms with van der Waals surface area (Å²) >= 11 is 0. The van der Waals surface area contributed by atoms with E-state index < -0.39 is 8.07 Å². The summed E-state index contributed by atoms with van der Waals surface area (Å²) in [7, 11) is -1.49. The van der Waals surface area contributed by atoms with Crippen LogP contribution < -0.4 is 10.4 Å². The Hall–Kier alpha value is -0.564. The summed E-state index contributed by atoms with van der Waals surface area (Å²) in [5.74, 6) is 0. The summed E-state index contributed by atoms with van der Waals surface area (Å²) in [5.41, 5.74) is 0. The van der Waals surface area contributed by atoms with Crippen LogP contribution in [0.1, 0.15) is 39.5 Å². The fourth-order valence-electron chi connectivity index (χ4n) is 3.21. The third kappa shape index (κ3) is 3.75. The van der Waals surface area contributed by atoms with Crippen LogP contribution in [-0.2, 0) is 17.1 Å². The second-order valence-electron chi connectivity index (χ2n) is 5.64. The van der Waals surface area contributed by atoms with E-state index in [4.69, 9.17) is 0 Å². The van der Waals surface area contributed by atoms with E-state index in [1.807, 2.05) is 0 Å². The third-order valence-corrected chi connectivity index (χ3v) is 9.64. The average molecular weight is 326 g/mol. The van der Waals surface area contributed by atoms with Crippen molar-refractivity contribution in [2.75, 3.05) is 0 Å². The molecule has 0 aliphatic rings. The van der Waals surface area contributed by atoms with E-state index in [1.54, 1.807) is 10.4 Å². The second-order valence-corrected chi connectivity index (χ2v) is 9.96. The Balaban J connectivity index is 0.00000200. The standard InChI is InChI=1S/C18H26Si.Fe/c1-3-5-15-19(16-6-4-2,17-11-7-8-12-17)18-13-9-10-14-18;/h7-14H,3-6,15-16H2,1-2H3;/q-2;+2. The van der Waals surface area contributed by atoms with Gasteiger partial charge in [0.05, 0.1) is 8.07 Å². The summed E-state index contributed by atoms with van der Waals surface area (Å²) in [6, 6.07) is 21.2. The Morgan fingerprint density at radius 2 is 1.30 bits per heavy atom. The van der Waals surface area contributed by atoms with Crippen LogP contribution in [0.25, 0.3) is 0 Å². The largest absolute Gasteiger partial charge is 2.00 e. The second kappa shape index (κ2) is 8.66. The van der Waals surface area contributed by atoms with Crippen molar-refractivity contribution in [2.24, 2.45) is 0 Å². The van der Waals surface area contributed by atoms with E-state index in [0.717, 1.165) is 0 Å². The number of unbranched alkanes of at least 4 members (excludes halogenated alkanes) is 2. The van der Waals surface area contributed by atoms with Crippen LogP contribution in [-0.4, -0.2) is 8.07 Å². The van der Waals surface area contributed by atoms with Gasteiger partial charge in [0.1, 0.15) is 0 Å². The molecule has 20 heavy (non-hydrogen) atoms. The molecule has 2 heteroatoms. The minimum atomic E-state index is -1.49. The van der Waals surface area contributed by atoms with Gasteiger partial charge in [-0.3, -0.25) is 0 Å². The first-order valence-corrected chi connectivity index (χ1v) is 10.2. The minimum Gasteiger partial charge on any atom is -0.214 e.